The van der Waals surface area contributed by atoms with Crippen LogP contribution in [0.25, 0.3) is 0 Å². The topological polar surface area (TPSA) is 61.6 Å². The highest BCUT2D eigenvalue weighted by Gasteiger charge is 2.49. The number of aliphatic carboxylic acids is 1. The second-order valence-corrected chi connectivity index (χ2v) is 14.2. The van der Waals surface area contributed by atoms with Crippen molar-refractivity contribution < 1.29 is 9.90 Å². The second kappa shape index (κ2) is 12.8. The molecule has 0 amide bonds. The van der Waals surface area contributed by atoms with E-state index in [0.717, 1.165) is 65.0 Å². The lowest BCUT2D eigenvalue weighted by Crippen LogP contribution is -2.46. The summed E-state index contributed by atoms with van der Waals surface area (Å²) < 4.78 is 2.28. The average molecular weight is 595 g/mol. The summed E-state index contributed by atoms with van der Waals surface area (Å²) in [6.07, 6.45) is 10.4. The maximum atomic E-state index is 12.6. The summed E-state index contributed by atoms with van der Waals surface area (Å²) in [5.41, 5.74) is 5.65. The van der Waals surface area contributed by atoms with Crippen LogP contribution < -0.4 is 0 Å². The number of rotatable bonds is 10. The Hall–Kier alpha value is -2.96. The lowest BCUT2D eigenvalue weighted by molar-refractivity contribution is -0.145. The first-order chi connectivity index (χ1) is 21.6. The van der Waals surface area contributed by atoms with E-state index in [-0.39, 0.29) is 17.4 Å². The fourth-order valence-corrected chi connectivity index (χ4v) is 9.08. The number of benzene rings is 2. The zero-order valence-electron chi connectivity index (χ0n) is 26.5. The van der Waals surface area contributed by atoms with Crippen molar-refractivity contribution >= 4 is 5.97 Å². The molecule has 2 saturated heterocycles. The Morgan fingerprint density at radius 2 is 1.61 bits per heavy atom. The molecule has 0 bridgehead atoms. The molecular formula is C38H50N4O2. The Bertz CT molecular complexity index is 1390. The van der Waals surface area contributed by atoms with Crippen molar-refractivity contribution in [3.05, 3.63) is 89.2 Å². The smallest absolute Gasteiger partial charge is 0.321 e. The minimum absolute atomic E-state index is 0.148. The van der Waals surface area contributed by atoms with Crippen LogP contribution in [0.5, 0.6) is 0 Å². The molecule has 0 radical (unpaired) electrons. The van der Waals surface area contributed by atoms with Gasteiger partial charge in [0.25, 0.3) is 0 Å². The van der Waals surface area contributed by atoms with Gasteiger partial charge in [-0.25, -0.2) is 0 Å². The molecule has 44 heavy (non-hydrogen) atoms. The van der Waals surface area contributed by atoms with Gasteiger partial charge >= 0.3 is 5.97 Å². The van der Waals surface area contributed by atoms with Crippen molar-refractivity contribution in [1.29, 1.82) is 0 Å². The number of carboxylic acid groups (broad SMARTS) is 1. The molecule has 6 nitrogen and oxygen atoms in total. The van der Waals surface area contributed by atoms with Crippen LogP contribution in [0.15, 0.2) is 66.7 Å². The van der Waals surface area contributed by atoms with Crippen molar-refractivity contribution in [2.45, 2.75) is 94.5 Å². The van der Waals surface area contributed by atoms with E-state index in [1.165, 1.54) is 54.6 Å². The highest BCUT2D eigenvalue weighted by Crippen LogP contribution is 2.54. The monoisotopic (exact) mass is 594 g/mol. The van der Waals surface area contributed by atoms with Gasteiger partial charge in [-0.3, -0.25) is 14.4 Å². The zero-order chi connectivity index (χ0) is 30.1. The molecule has 3 atom stereocenters. The summed E-state index contributed by atoms with van der Waals surface area (Å²) in [4.78, 5) is 17.7. The first-order valence-corrected chi connectivity index (χ1v) is 17.4. The Kier molecular flexibility index (Phi) is 8.65. The summed E-state index contributed by atoms with van der Waals surface area (Å²) in [5.74, 6) is 1.02. The number of nitrogens with zero attached hydrogens (tertiary/aromatic N) is 4. The van der Waals surface area contributed by atoms with Gasteiger partial charge in [-0.2, -0.15) is 5.10 Å². The molecular weight excluding hydrogens is 544 g/mol. The molecule has 0 spiro atoms. The van der Waals surface area contributed by atoms with Crippen molar-refractivity contribution in [3.8, 4) is 0 Å². The van der Waals surface area contributed by atoms with Crippen LogP contribution in [0.4, 0.5) is 0 Å². The van der Waals surface area contributed by atoms with Crippen LogP contribution >= 0.6 is 0 Å². The van der Waals surface area contributed by atoms with Crippen LogP contribution in [0.3, 0.4) is 0 Å². The summed E-state index contributed by atoms with van der Waals surface area (Å²) in [7, 11) is 0. The molecule has 1 aromatic heterocycles. The molecule has 3 unspecified atom stereocenters. The maximum absolute atomic E-state index is 12.6. The van der Waals surface area contributed by atoms with Crippen molar-refractivity contribution in [3.63, 3.8) is 0 Å². The van der Waals surface area contributed by atoms with Gasteiger partial charge in [0.05, 0.1) is 5.69 Å². The van der Waals surface area contributed by atoms with E-state index in [4.69, 9.17) is 5.10 Å². The Morgan fingerprint density at radius 3 is 2.25 bits per heavy atom. The highest BCUT2D eigenvalue weighted by atomic mass is 16.4. The highest BCUT2D eigenvalue weighted by molar-refractivity contribution is 5.74. The third kappa shape index (κ3) is 5.88. The van der Waals surface area contributed by atoms with Crippen molar-refractivity contribution in [1.82, 2.24) is 19.6 Å². The van der Waals surface area contributed by atoms with Crippen LogP contribution in [0, 0.1) is 11.8 Å². The zero-order valence-corrected chi connectivity index (χ0v) is 26.5. The third-order valence-corrected chi connectivity index (χ3v) is 11.6. The van der Waals surface area contributed by atoms with Gasteiger partial charge in [-0.1, -0.05) is 79.9 Å². The summed E-state index contributed by atoms with van der Waals surface area (Å²) in [5, 5.41) is 15.6. The molecule has 234 valence electrons. The maximum Gasteiger partial charge on any atom is 0.321 e. The quantitative estimate of drug-likeness (QED) is 0.276. The summed E-state index contributed by atoms with van der Waals surface area (Å²) in [6.45, 7) is 8.11. The number of carbonyl (C=O) groups is 1. The third-order valence-electron chi connectivity index (χ3n) is 11.6. The number of carboxylic acids is 1. The van der Waals surface area contributed by atoms with Crippen molar-refractivity contribution in [2.75, 3.05) is 32.7 Å². The van der Waals surface area contributed by atoms with E-state index in [1.807, 2.05) is 0 Å². The lowest BCUT2D eigenvalue weighted by atomic mass is 9.83. The fraction of sp³-hybridized carbons (Fsp3) is 0.579. The van der Waals surface area contributed by atoms with Gasteiger partial charge in [0.1, 0.15) is 6.04 Å². The van der Waals surface area contributed by atoms with Crippen LogP contribution in [-0.4, -0.2) is 69.4 Å². The molecule has 7 rings (SSSR count). The molecule has 3 aromatic rings. The van der Waals surface area contributed by atoms with E-state index in [1.54, 1.807) is 0 Å². The Balaban J connectivity index is 1.03. The van der Waals surface area contributed by atoms with Gasteiger partial charge < -0.3 is 10.0 Å². The summed E-state index contributed by atoms with van der Waals surface area (Å²) in [6, 6.07) is 24.0. The van der Waals surface area contributed by atoms with Gasteiger partial charge in [0.2, 0.25) is 0 Å². The summed E-state index contributed by atoms with van der Waals surface area (Å²) >= 11 is 0. The predicted octanol–water partition coefficient (Wildman–Crippen LogP) is 6.91. The average Bonchev–Trinajstić information content (AvgIpc) is 3.59. The van der Waals surface area contributed by atoms with Crippen molar-refractivity contribution in [2.24, 2.45) is 11.8 Å². The van der Waals surface area contributed by atoms with Gasteiger partial charge in [-0.05, 0) is 87.6 Å². The number of piperidine rings is 1. The second-order valence-electron chi connectivity index (χ2n) is 14.2. The lowest BCUT2D eigenvalue weighted by Gasteiger charge is -2.35. The standard InChI is InChI=1S/C38H50N4O2/c1-2-42-35(38(20-21-38)32-16-10-5-11-17-32)24-34(39-42)29-18-22-40(23-19-29)25-31-26-41(27-33(31)28-12-6-3-7-13-28)36(37(43)44)30-14-8-4-9-15-30/h3,5-7,10-13,16-17,24,29-31,33,36H,2,4,8-9,14-15,18-23,25-27H2,1H3,(H,43,44). The van der Waals surface area contributed by atoms with E-state index < -0.39 is 5.97 Å². The minimum Gasteiger partial charge on any atom is -0.480 e. The molecule has 6 heteroatoms. The Labute approximate surface area is 263 Å². The first kappa shape index (κ1) is 29.7. The Morgan fingerprint density at radius 1 is 0.932 bits per heavy atom. The van der Waals surface area contributed by atoms with Crippen LogP contribution in [0.1, 0.15) is 99.1 Å². The molecule has 4 aliphatic rings. The molecule has 2 aromatic carbocycles. The normalized spacial score (nSPS) is 25.7. The molecule has 4 fully saturated rings. The van der Waals surface area contributed by atoms with Gasteiger partial charge in [0, 0.05) is 49.1 Å². The van der Waals surface area contributed by atoms with Crippen LogP contribution in [-0.2, 0) is 16.8 Å². The minimum atomic E-state index is -0.615. The van der Waals surface area contributed by atoms with E-state index in [2.05, 4.69) is 88.1 Å². The van der Waals surface area contributed by atoms with Crippen LogP contribution in [0.2, 0.25) is 0 Å². The van der Waals surface area contributed by atoms with E-state index >= 15 is 0 Å². The number of aromatic nitrogens is 2. The molecule has 2 saturated carbocycles. The largest absolute Gasteiger partial charge is 0.480 e. The van der Waals surface area contributed by atoms with E-state index in [9.17, 15) is 9.90 Å². The fourth-order valence-electron chi connectivity index (χ4n) is 9.08. The molecule has 1 N–H and O–H groups in total. The SMILES string of the molecule is CCn1nc(C2CCN(CC3CN(C(C(=O)O)C4CCCCC4)CC3c3ccccc3)CC2)cc1C1(c2ccccc2)CC1. The molecule has 2 aliphatic heterocycles. The van der Waals surface area contributed by atoms with E-state index in [0.29, 0.717) is 17.8 Å². The van der Waals surface area contributed by atoms with Gasteiger partial charge in [0.15, 0.2) is 0 Å². The number of hydrogen-bond acceptors (Lipinski definition) is 4. The number of aryl methyl sites for hydroxylation is 1. The molecule has 3 heterocycles. The van der Waals surface area contributed by atoms with Gasteiger partial charge in [-0.15, -0.1) is 0 Å². The first-order valence-electron chi connectivity index (χ1n) is 17.4. The number of likely N-dealkylation sites (tertiary alicyclic amines) is 2. The number of hydrogen-bond donors (Lipinski definition) is 1. The molecule has 2 aliphatic carbocycles. The predicted molar refractivity (Wildman–Crippen MR) is 175 cm³/mol.